The number of allylic oxidation sites excluding steroid dienone is 4. The Labute approximate surface area is 114 Å². The molecular weight excluding hydrogens is 220 g/mol. The van der Waals surface area contributed by atoms with Gasteiger partial charge in [0.2, 0.25) is 0 Å². The number of rotatable bonds is 13. The lowest BCUT2D eigenvalue weighted by atomic mass is 10.1. The molecule has 106 valence electrons. The van der Waals surface area contributed by atoms with E-state index in [4.69, 9.17) is 5.11 Å². The lowest BCUT2D eigenvalue weighted by Crippen LogP contribution is -1.82. The van der Waals surface area contributed by atoms with Crippen LogP contribution in [0.25, 0.3) is 0 Å². The molecule has 0 aromatic rings. The highest BCUT2D eigenvalue weighted by molar-refractivity contribution is 5.02. The summed E-state index contributed by atoms with van der Waals surface area (Å²) in [4.78, 5) is 0. The number of unbranched alkanes of at least 4 members (excludes halogenated alkanes) is 9. The highest BCUT2D eigenvalue weighted by Gasteiger charge is 1.87. The van der Waals surface area contributed by atoms with Gasteiger partial charge < -0.3 is 5.11 Å². The number of hydrogen-bond donors (Lipinski definition) is 1. The third-order valence-electron chi connectivity index (χ3n) is 3.14. The van der Waals surface area contributed by atoms with E-state index in [9.17, 15) is 0 Å². The van der Waals surface area contributed by atoms with Crippen LogP contribution in [0.4, 0.5) is 0 Å². The molecule has 0 amide bonds. The van der Waals surface area contributed by atoms with Gasteiger partial charge in [0.05, 0.1) is 0 Å². The predicted octanol–water partition coefficient (Wildman–Crippen LogP) is 5.40. The third-order valence-corrected chi connectivity index (χ3v) is 3.14. The molecule has 0 aromatic carbocycles. The van der Waals surface area contributed by atoms with E-state index >= 15 is 0 Å². The number of aliphatic hydroxyl groups is 1. The second-order valence-corrected chi connectivity index (χ2v) is 4.99. The maximum Gasteiger partial charge on any atom is 0.0431 e. The van der Waals surface area contributed by atoms with E-state index in [0.717, 1.165) is 12.8 Å². The first kappa shape index (κ1) is 17.4. The first-order valence-electron chi connectivity index (χ1n) is 7.84. The Bertz CT molecular complexity index is 172. The van der Waals surface area contributed by atoms with E-state index in [1.54, 1.807) is 0 Å². The summed E-state index contributed by atoms with van der Waals surface area (Å²) < 4.78 is 0. The predicted molar refractivity (Wildman–Crippen MR) is 81.8 cm³/mol. The van der Waals surface area contributed by atoms with Gasteiger partial charge in [-0.05, 0) is 32.1 Å². The molecule has 0 saturated carbocycles. The molecule has 1 heteroatoms. The van der Waals surface area contributed by atoms with E-state index in [1.807, 2.05) is 0 Å². The van der Waals surface area contributed by atoms with E-state index < -0.39 is 0 Å². The van der Waals surface area contributed by atoms with Crippen molar-refractivity contribution < 1.29 is 5.11 Å². The van der Waals surface area contributed by atoms with Gasteiger partial charge in [-0.25, -0.2) is 0 Å². The molecule has 0 aliphatic carbocycles. The fourth-order valence-electron chi connectivity index (χ4n) is 1.94. The van der Waals surface area contributed by atoms with Crippen molar-refractivity contribution >= 4 is 0 Å². The van der Waals surface area contributed by atoms with Crippen LogP contribution in [0, 0.1) is 0 Å². The molecule has 0 bridgehead atoms. The molecule has 0 aromatic heterocycles. The fraction of sp³-hybridized carbons (Fsp3) is 0.765. The lowest BCUT2D eigenvalue weighted by Gasteiger charge is -1.96. The average Bonchev–Trinajstić information content (AvgIpc) is 2.39. The van der Waals surface area contributed by atoms with E-state index in [0.29, 0.717) is 6.61 Å². The molecule has 0 aliphatic heterocycles. The second kappa shape index (κ2) is 16.4. The Hall–Kier alpha value is -0.560. The molecule has 0 spiro atoms. The molecule has 0 fully saturated rings. The van der Waals surface area contributed by atoms with Gasteiger partial charge in [-0.2, -0.15) is 0 Å². The van der Waals surface area contributed by atoms with Crippen molar-refractivity contribution in [3.63, 3.8) is 0 Å². The Balaban J connectivity index is 3.15. The van der Waals surface area contributed by atoms with Gasteiger partial charge >= 0.3 is 0 Å². The van der Waals surface area contributed by atoms with E-state index in [1.165, 1.54) is 57.8 Å². The van der Waals surface area contributed by atoms with Gasteiger partial charge in [-0.15, -0.1) is 0 Å². The summed E-state index contributed by atoms with van der Waals surface area (Å²) >= 11 is 0. The molecule has 0 heterocycles. The monoisotopic (exact) mass is 252 g/mol. The van der Waals surface area contributed by atoms with Crippen molar-refractivity contribution in [3.05, 3.63) is 24.3 Å². The minimum Gasteiger partial charge on any atom is -0.396 e. The van der Waals surface area contributed by atoms with Gasteiger partial charge in [0.1, 0.15) is 0 Å². The van der Waals surface area contributed by atoms with Crippen LogP contribution in [0.5, 0.6) is 0 Å². The topological polar surface area (TPSA) is 20.2 Å². The summed E-state index contributed by atoms with van der Waals surface area (Å²) in [6.45, 7) is 2.60. The average molecular weight is 252 g/mol. The van der Waals surface area contributed by atoms with Crippen LogP contribution >= 0.6 is 0 Å². The lowest BCUT2D eigenvalue weighted by molar-refractivity contribution is 0.282. The minimum absolute atomic E-state index is 0.344. The second-order valence-electron chi connectivity index (χ2n) is 4.99. The normalized spacial score (nSPS) is 11.9. The highest BCUT2D eigenvalue weighted by Crippen LogP contribution is 2.06. The van der Waals surface area contributed by atoms with Crippen molar-refractivity contribution in [1.29, 1.82) is 0 Å². The van der Waals surface area contributed by atoms with Crippen LogP contribution in [0.2, 0.25) is 0 Å². The van der Waals surface area contributed by atoms with Gasteiger partial charge in [-0.1, -0.05) is 69.8 Å². The molecule has 0 unspecified atom stereocenters. The molecule has 0 atom stereocenters. The zero-order chi connectivity index (χ0) is 13.3. The van der Waals surface area contributed by atoms with Crippen LogP contribution in [0.1, 0.15) is 77.6 Å². The smallest absolute Gasteiger partial charge is 0.0431 e. The van der Waals surface area contributed by atoms with Crippen molar-refractivity contribution in [2.45, 2.75) is 77.6 Å². The summed E-state index contributed by atoms with van der Waals surface area (Å²) in [5.41, 5.74) is 0. The first-order chi connectivity index (χ1) is 8.91. The summed E-state index contributed by atoms with van der Waals surface area (Å²) in [5, 5.41) is 8.63. The zero-order valence-electron chi connectivity index (χ0n) is 12.2. The molecule has 0 aliphatic rings. The van der Waals surface area contributed by atoms with Crippen molar-refractivity contribution in [2.75, 3.05) is 6.61 Å². The molecule has 18 heavy (non-hydrogen) atoms. The third kappa shape index (κ3) is 15.4. The Kier molecular flexibility index (Phi) is 15.9. The Morgan fingerprint density at radius 3 is 1.67 bits per heavy atom. The van der Waals surface area contributed by atoms with Crippen LogP contribution < -0.4 is 0 Å². The van der Waals surface area contributed by atoms with Crippen molar-refractivity contribution in [3.8, 4) is 0 Å². The first-order valence-corrected chi connectivity index (χ1v) is 7.84. The quantitative estimate of drug-likeness (QED) is 0.343. The highest BCUT2D eigenvalue weighted by atomic mass is 16.2. The number of aliphatic hydroxyl groups excluding tert-OH is 1. The molecular formula is C17H32O. The fourth-order valence-corrected chi connectivity index (χ4v) is 1.94. The van der Waals surface area contributed by atoms with E-state index in [-0.39, 0.29) is 0 Å². The molecule has 0 radical (unpaired) electrons. The van der Waals surface area contributed by atoms with E-state index in [2.05, 4.69) is 31.2 Å². The molecule has 0 rings (SSSR count). The Morgan fingerprint density at radius 2 is 1.17 bits per heavy atom. The minimum atomic E-state index is 0.344. The van der Waals surface area contributed by atoms with Crippen LogP contribution in [-0.4, -0.2) is 11.7 Å². The van der Waals surface area contributed by atoms with Gasteiger partial charge in [0, 0.05) is 6.61 Å². The van der Waals surface area contributed by atoms with Gasteiger partial charge in [0.15, 0.2) is 0 Å². The number of hydrogen-bond acceptors (Lipinski definition) is 1. The Morgan fingerprint density at radius 1 is 0.667 bits per heavy atom. The summed E-state index contributed by atoms with van der Waals surface area (Å²) in [6.07, 6.45) is 22.8. The summed E-state index contributed by atoms with van der Waals surface area (Å²) in [6, 6.07) is 0. The zero-order valence-corrected chi connectivity index (χ0v) is 12.2. The summed E-state index contributed by atoms with van der Waals surface area (Å²) in [5.74, 6) is 0. The van der Waals surface area contributed by atoms with Crippen LogP contribution in [0.15, 0.2) is 24.3 Å². The van der Waals surface area contributed by atoms with Crippen LogP contribution in [0.3, 0.4) is 0 Å². The molecule has 1 nitrogen and oxygen atoms in total. The van der Waals surface area contributed by atoms with Crippen molar-refractivity contribution in [2.24, 2.45) is 0 Å². The standard InChI is InChI=1S/C17H32O/c1-2-3-4-5-6-7-8-9-10-11-12-13-14-15-16-17-18/h8-11,18H,2-7,12-17H2,1H3. The maximum atomic E-state index is 8.63. The SMILES string of the molecule is CCCCCCCC=CC=CCCCCCCO. The maximum absolute atomic E-state index is 8.63. The van der Waals surface area contributed by atoms with Crippen LogP contribution in [-0.2, 0) is 0 Å². The van der Waals surface area contributed by atoms with Gasteiger partial charge in [-0.3, -0.25) is 0 Å². The molecule has 0 saturated heterocycles. The summed E-state index contributed by atoms with van der Waals surface area (Å²) in [7, 11) is 0. The largest absolute Gasteiger partial charge is 0.396 e. The van der Waals surface area contributed by atoms with Crippen molar-refractivity contribution in [1.82, 2.24) is 0 Å². The van der Waals surface area contributed by atoms with Gasteiger partial charge in [0.25, 0.3) is 0 Å². The molecule has 1 N–H and O–H groups in total.